The van der Waals surface area contributed by atoms with Gasteiger partial charge in [-0.1, -0.05) is 30.2 Å². The minimum Gasteiger partial charge on any atom is -0.351 e. The molecule has 2 aromatic heterocycles. The molecule has 1 saturated heterocycles. The first-order valence-electron chi connectivity index (χ1n) is 9.29. The van der Waals surface area contributed by atoms with Gasteiger partial charge in [0.05, 0.1) is 5.69 Å². The summed E-state index contributed by atoms with van der Waals surface area (Å²) in [7, 11) is 0. The SMILES string of the molecule is C[C@@H]1CCCCN1Cc1cc(=O)n2[nH]c(NCc3ccc(Cl)cc3)nc2n1. The summed E-state index contributed by atoms with van der Waals surface area (Å²) < 4.78 is 1.37. The average Bonchev–Trinajstić information content (AvgIpc) is 3.07. The minimum atomic E-state index is -0.147. The molecule has 142 valence electrons. The number of anilines is 1. The molecule has 1 aliphatic heterocycles. The fourth-order valence-corrected chi connectivity index (χ4v) is 3.60. The number of nitrogens with zero attached hydrogens (tertiary/aromatic N) is 4. The molecule has 4 rings (SSSR count). The van der Waals surface area contributed by atoms with Crippen LogP contribution in [0.2, 0.25) is 5.02 Å². The van der Waals surface area contributed by atoms with Crippen LogP contribution in [-0.4, -0.2) is 37.1 Å². The zero-order valence-corrected chi connectivity index (χ0v) is 16.0. The van der Waals surface area contributed by atoms with Crippen molar-refractivity contribution in [3.8, 4) is 0 Å². The largest absolute Gasteiger partial charge is 0.351 e. The van der Waals surface area contributed by atoms with E-state index in [1.54, 1.807) is 6.07 Å². The van der Waals surface area contributed by atoms with Gasteiger partial charge < -0.3 is 5.32 Å². The molecule has 3 aromatic rings. The number of fused-ring (bicyclic) bond motifs is 1. The van der Waals surface area contributed by atoms with Crippen LogP contribution in [-0.2, 0) is 13.1 Å². The Labute approximate surface area is 162 Å². The standard InChI is InChI=1S/C19H23ClN6O/c1-13-4-2-3-9-25(13)12-16-10-17(27)26-19(22-16)23-18(24-26)21-11-14-5-7-15(20)8-6-14/h5-8,10,13H,2-4,9,11-12H2,1H3,(H2,21,22,23,24)/t13-/m1/s1. The molecule has 7 nitrogen and oxygen atoms in total. The maximum atomic E-state index is 12.4. The van der Waals surface area contributed by atoms with Gasteiger partial charge in [-0.05, 0) is 44.0 Å². The number of H-pyrrole nitrogens is 1. The normalized spacial score (nSPS) is 18.1. The summed E-state index contributed by atoms with van der Waals surface area (Å²) in [5.74, 6) is 0.902. The van der Waals surface area contributed by atoms with E-state index in [1.165, 1.54) is 23.8 Å². The van der Waals surface area contributed by atoms with Gasteiger partial charge in [0.1, 0.15) is 0 Å². The van der Waals surface area contributed by atoms with Gasteiger partial charge in [-0.2, -0.15) is 9.50 Å². The first kappa shape index (κ1) is 18.0. The van der Waals surface area contributed by atoms with Crippen molar-refractivity contribution in [2.75, 3.05) is 11.9 Å². The number of halogens is 1. The van der Waals surface area contributed by atoms with Crippen molar-refractivity contribution in [3.05, 3.63) is 57.0 Å². The van der Waals surface area contributed by atoms with E-state index in [9.17, 15) is 4.79 Å². The molecule has 0 bridgehead atoms. The summed E-state index contributed by atoms with van der Waals surface area (Å²) in [6.07, 6.45) is 3.67. The Balaban J connectivity index is 1.50. The third-order valence-electron chi connectivity index (χ3n) is 5.06. The minimum absolute atomic E-state index is 0.147. The smallest absolute Gasteiger partial charge is 0.274 e. The Morgan fingerprint density at radius 1 is 1.26 bits per heavy atom. The van der Waals surface area contributed by atoms with Gasteiger partial charge in [0.25, 0.3) is 11.3 Å². The van der Waals surface area contributed by atoms with E-state index in [0.717, 1.165) is 17.8 Å². The van der Waals surface area contributed by atoms with Gasteiger partial charge in [0.15, 0.2) is 0 Å². The zero-order valence-electron chi connectivity index (χ0n) is 15.3. The van der Waals surface area contributed by atoms with E-state index in [1.807, 2.05) is 24.3 Å². The fourth-order valence-electron chi connectivity index (χ4n) is 3.48. The third-order valence-corrected chi connectivity index (χ3v) is 5.31. The van der Waals surface area contributed by atoms with Crippen molar-refractivity contribution in [1.29, 1.82) is 0 Å². The van der Waals surface area contributed by atoms with Gasteiger partial charge in [-0.25, -0.2) is 4.98 Å². The van der Waals surface area contributed by atoms with E-state index >= 15 is 0 Å². The van der Waals surface area contributed by atoms with Crippen LogP contribution >= 0.6 is 11.6 Å². The van der Waals surface area contributed by atoms with Crippen LogP contribution in [0.1, 0.15) is 37.4 Å². The molecule has 0 amide bonds. The predicted octanol–water partition coefficient (Wildman–Crippen LogP) is 3.06. The van der Waals surface area contributed by atoms with E-state index in [2.05, 4.69) is 32.2 Å². The highest BCUT2D eigenvalue weighted by Gasteiger charge is 2.19. The lowest BCUT2D eigenvalue weighted by Crippen LogP contribution is -2.37. The van der Waals surface area contributed by atoms with Crippen LogP contribution in [0.15, 0.2) is 35.1 Å². The van der Waals surface area contributed by atoms with Crippen molar-refractivity contribution in [2.24, 2.45) is 0 Å². The molecule has 27 heavy (non-hydrogen) atoms. The highest BCUT2D eigenvalue weighted by atomic mass is 35.5. The number of likely N-dealkylation sites (tertiary alicyclic amines) is 1. The van der Waals surface area contributed by atoms with Crippen LogP contribution in [0.4, 0.5) is 5.95 Å². The second-order valence-corrected chi connectivity index (χ2v) is 7.53. The predicted molar refractivity (Wildman–Crippen MR) is 106 cm³/mol. The molecule has 1 atom stereocenters. The summed E-state index contributed by atoms with van der Waals surface area (Å²) in [6.45, 7) is 4.55. The Morgan fingerprint density at radius 3 is 2.85 bits per heavy atom. The fraction of sp³-hybridized carbons (Fsp3) is 0.421. The molecule has 0 saturated carbocycles. The van der Waals surface area contributed by atoms with Gasteiger partial charge in [-0.3, -0.25) is 14.8 Å². The second kappa shape index (κ2) is 7.70. The summed E-state index contributed by atoms with van der Waals surface area (Å²) >= 11 is 5.90. The van der Waals surface area contributed by atoms with E-state index < -0.39 is 0 Å². The number of nitrogens with one attached hydrogen (secondary N) is 2. The first-order valence-corrected chi connectivity index (χ1v) is 9.67. The summed E-state index contributed by atoms with van der Waals surface area (Å²) in [4.78, 5) is 23.8. The molecule has 3 heterocycles. The van der Waals surface area contributed by atoms with E-state index in [4.69, 9.17) is 11.6 Å². The lowest BCUT2D eigenvalue weighted by atomic mass is 10.0. The molecule has 8 heteroatoms. The molecule has 0 spiro atoms. The monoisotopic (exact) mass is 386 g/mol. The topological polar surface area (TPSA) is 78.3 Å². The van der Waals surface area contributed by atoms with Crippen molar-refractivity contribution < 1.29 is 0 Å². The molecule has 0 aliphatic carbocycles. The number of hydrogen-bond donors (Lipinski definition) is 2. The quantitative estimate of drug-likeness (QED) is 0.704. The number of rotatable bonds is 5. The maximum Gasteiger partial charge on any atom is 0.274 e. The second-order valence-electron chi connectivity index (χ2n) is 7.09. The lowest BCUT2D eigenvalue weighted by Gasteiger charge is -2.32. The van der Waals surface area contributed by atoms with Crippen molar-refractivity contribution in [2.45, 2.75) is 45.3 Å². The maximum absolute atomic E-state index is 12.4. The third kappa shape index (κ3) is 4.14. The van der Waals surface area contributed by atoms with E-state index in [0.29, 0.717) is 35.9 Å². The van der Waals surface area contributed by atoms with Gasteiger partial charge >= 0.3 is 0 Å². The van der Waals surface area contributed by atoms with Crippen LogP contribution < -0.4 is 10.9 Å². The first-order chi connectivity index (χ1) is 13.1. The van der Waals surface area contributed by atoms with Crippen molar-refractivity contribution in [1.82, 2.24) is 24.5 Å². The molecular weight excluding hydrogens is 364 g/mol. The molecule has 2 N–H and O–H groups in total. The average molecular weight is 387 g/mol. The molecule has 0 unspecified atom stereocenters. The molecule has 1 aliphatic rings. The van der Waals surface area contributed by atoms with Crippen molar-refractivity contribution >= 4 is 23.3 Å². The Bertz CT molecular complexity index is 980. The van der Waals surface area contributed by atoms with Crippen LogP contribution in [0.25, 0.3) is 5.78 Å². The van der Waals surface area contributed by atoms with Gasteiger partial charge in [0.2, 0.25) is 5.95 Å². The molecule has 1 fully saturated rings. The number of aromatic nitrogens is 4. The number of hydrogen-bond acceptors (Lipinski definition) is 5. The summed E-state index contributed by atoms with van der Waals surface area (Å²) in [5.41, 5.74) is 1.69. The number of benzene rings is 1. The van der Waals surface area contributed by atoms with Crippen molar-refractivity contribution in [3.63, 3.8) is 0 Å². The Morgan fingerprint density at radius 2 is 2.07 bits per heavy atom. The highest BCUT2D eigenvalue weighted by Crippen LogP contribution is 2.18. The lowest BCUT2D eigenvalue weighted by molar-refractivity contribution is 0.151. The molecule has 0 radical (unpaired) electrons. The number of piperidine rings is 1. The number of aromatic amines is 1. The van der Waals surface area contributed by atoms with Gasteiger partial charge in [0, 0.05) is 30.2 Å². The van der Waals surface area contributed by atoms with Crippen LogP contribution in [0.5, 0.6) is 0 Å². The van der Waals surface area contributed by atoms with Crippen LogP contribution in [0, 0.1) is 0 Å². The summed E-state index contributed by atoms with van der Waals surface area (Å²) in [5, 5.41) is 6.85. The molecular formula is C19H23ClN6O. The zero-order chi connectivity index (χ0) is 18.8. The molecule has 1 aromatic carbocycles. The Kier molecular flexibility index (Phi) is 5.13. The van der Waals surface area contributed by atoms with Crippen LogP contribution in [0.3, 0.4) is 0 Å². The van der Waals surface area contributed by atoms with E-state index in [-0.39, 0.29) is 5.56 Å². The Hall–Kier alpha value is -2.38. The van der Waals surface area contributed by atoms with Gasteiger partial charge in [-0.15, -0.1) is 0 Å². The summed E-state index contributed by atoms with van der Waals surface area (Å²) in [6, 6.07) is 9.69. The highest BCUT2D eigenvalue weighted by molar-refractivity contribution is 6.30.